The van der Waals surface area contributed by atoms with Gasteiger partial charge in [-0.2, -0.15) is 5.10 Å². The number of halogens is 2. The number of hydrogen-bond donors (Lipinski definition) is 2. The van der Waals surface area contributed by atoms with Gasteiger partial charge in [0, 0.05) is 6.20 Å². The predicted octanol–water partition coefficient (Wildman–Crippen LogP) is 1.38. The Morgan fingerprint density at radius 1 is 1.39 bits per heavy atom. The average Bonchev–Trinajstić information content (AvgIpc) is 2.69. The van der Waals surface area contributed by atoms with Crippen molar-refractivity contribution in [2.75, 3.05) is 11.1 Å². The molecule has 0 saturated heterocycles. The molecular formula is C11H10F2N4O. The zero-order valence-corrected chi connectivity index (χ0v) is 9.23. The summed E-state index contributed by atoms with van der Waals surface area (Å²) in [5.74, 6) is -2.26. The highest BCUT2D eigenvalue weighted by Crippen LogP contribution is 2.17. The van der Waals surface area contributed by atoms with Crippen LogP contribution >= 0.6 is 0 Å². The first kappa shape index (κ1) is 12.0. The highest BCUT2D eigenvalue weighted by atomic mass is 19.1. The number of benzene rings is 1. The van der Waals surface area contributed by atoms with Gasteiger partial charge in [-0.05, 0) is 12.1 Å². The lowest BCUT2D eigenvalue weighted by molar-refractivity contribution is -0.116. The number of rotatable bonds is 3. The second-order valence-electron chi connectivity index (χ2n) is 3.62. The van der Waals surface area contributed by atoms with E-state index in [4.69, 9.17) is 5.73 Å². The van der Waals surface area contributed by atoms with Gasteiger partial charge in [-0.25, -0.2) is 8.78 Å². The van der Waals surface area contributed by atoms with E-state index in [1.165, 1.54) is 23.1 Å². The van der Waals surface area contributed by atoms with E-state index >= 15 is 0 Å². The lowest BCUT2D eigenvalue weighted by Crippen LogP contribution is -2.20. The van der Waals surface area contributed by atoms with E-state index in [1.54, 1.807) is 0 Å². The van der Waals surface area contributed by atoms with Crippen molar-refractivity contribution in [2.24, 2.45) is 0 Å². The van der Waals surface area contributed by atoms with Crippen LogP contribution in [-0.2, 0) is 11.3 Å². The van der Waals surface area contributed by atoms with Crippen molar-refractivity contribution in [3.63, 3.8) is 0 Å². The van der Waals surface area contributed by atoms with Crippen molar-refractivity contribution >= 4 is 17.3 Å². The summed E-state index contributed by atoms with van der Waals surface area (Å²) in [5, 5.41) is 5.93. The fourth-order valence-electron chi connectivity index (χ4n) is 1.41. The summed E-state index contributed by atoms with van der Waals surface area (Å²) in [5.41, 5.74) is 5.35. The van der Waals surface area contributed by atoms with Crippen molar-refractivity contribution < 1.29 is 13.6 Å². The highest BCUT2D eigenvalue weighted by Gasteiger charge is 2.12. The second-order valence-corrected chi connectivity index (χ2v) is 3.62. The number of aromatic nitrogens is 2. The van der Waals surface area contributed by atoms with Crippen molar-refractivity contribution in [3.8, 4) is 0 Å². The number of amides is 1. The summed E-state index contributed by atoms with van der Waals surface area (Å²) >= 11 is 0. The number of nitrogens with zero attached hydrogens (tertiary/aromatic N) is 2. The Hall–Kier alpha value is -2.44. The predicted molar refractivity (Wildman–Crippen MR) is 61.6 cm³/mol. The third-order valence-corrected chi connectivity index (χ3v) is 2.19. The third kappa shape index (κ3) is 2.62. The maximum Gasteiger partial charge on any atom is 0.246 e. The molecule has 0 aliphatic heterocycles. The Morgan fingerprint density at radius 2 is 2.06 bits per heavy atom. The molecule has 0 radical (unpaired) electrons. The van der Waals surface area contributed by atoms with Crippen LogP contribution in [0.3, 0.4) is 0 Å². The minimum atomic E-state index is -0.830. The maximum absolute atomic E-state index is 13.3. The van der Waals surface area contributed by atoms with E-state index in [-0.39, 0.29) is 6.54 Å². The molecule has 3 N–H and O–H groups in total. The van der Waals surface area contributed by atoms with Crippen LogP contribution in [0.25, 0.3) is 0 Å². The van der Waals surface area contributed by atoms with Gasteiger partial charge in [0.2, 0.25) is 5.91 Å². The average molecular weight is 252 g/mol. The number of nitrogens with two attached hydrogens (primary N) is 1. The van der Waals surface area contributed by atoms with Crippen LogP contribution in [0, 0.1) is 11.6 Å². The molecule has 0 bridgehead atoms. The molecule has 0 saturated carbocycles. The van der Waals surface area contributed by atoms with Crippen LogP contribution in [0.4, 0.5) is 20.2 Å². The quantitative estimate of drug-likeness (QED) is 0.866. The fraction of sp³-hybridized carbons (Fsp3) is 0.0909. The van der Waals surface area contributed by atoms with Crippen LogP contribution < -0.4 is 11.1 Å². The van der Waals surface area contributed by atoms with Crippen LogP contribution in [0.2, 0.25) is 0 Å². The molecule has 1 heterocycles. The molecule has 0 fully saturated rings. The standard InChI is InChI=1S/C11H10F2N4O/c12-8-2-1-3-9(13)11(8)16-10(18)6-17-5-7(14)4-15-17/h1-5H,6,14H2,(H,16,18). The fourth-order valence-corrected chi connectivity index (χ4v) is 1.41. The van der Waals surface area contributed by atoms with Gasteiger partial charge in [0.05, 0.1) is 11.9 Å². The Labute approximate surface area is 101 Å². The first-order valence-corrected chi connectivity index (χ1v) is 5.08. The lowest BCUT2D eigenvalue weighted by Gasteiger charge is -2.07. The largest absolute Gasteiger partial charge is 0.396 e. The van der Waals surface area contributed by atoms with Gasteiger partial charge < -0.3 is 11.1 Å². The normalized spacial score (nSPS) is 10.3. The molecule has 0 unspecified atom stereocenters. The molecule has 5 nitrogen and oxygen atoms in total. The Bertz CT molecular complexity index is 562. The zero-order valence-electron chi connectivity index (χ0n) is 9.23. The molecule has 1 aromatic heterocycles. The summed E-state index contributed by atoms with van der Waals surface area (Å²) in [6.45, 7) is -0.176. The SMILES string of the molecule is Nc1cnn(CC(=O)Nc2c(F)cccc2F)c1. The Balaban J connectivity index is 2.08. The summed E-state index contributed by atoms with van der Waals surface area (Å²) < 4.78 is 27.8. The molecule has 0 aliphatic rings. The molecule has 2 rings (SSSR count). The summed E-state index contributed by atoms with van der Waals surface area (Å²) in [7, 11) is 0. The summed E-state index contributed by atoms with van der Waals surface area (Å²) in [6, 6.07) is 3.34. The number of nitrogen functional groups attached to an aromatic ring is 1. The molecule has 0 spiro atoms. The Morgan fingerprint density at radius 3 is 2.61 bits per heavy atom. The van der Waals surface area contributed by atoms with Crippen LogP contribution in [0.15, 0.2) is 30.6 Å². The van der Waals surface area contributed by atoms with Crippen LogP contribution in [-0.4, -0.2) is 15.7 Å². The number of carbonyl (C=O) groups is 1. The third-order valence-electron chi connectivity index (χ3n) is 2.19. The minimum absolute atomic E-state index is 0.176. The van der Waals surface area contributed by atoms with E-state index in [0.29, 0.717) is 5.69 Å². The van der Waals surface area contributed by atoms with Crippen LogP contribution in [0.5, 0.6) is 0 Å². The number of para-hydroxylation sites is 1. The van der Waals surface area contributed by atoms with Gasteiger partial charge >= 0.3 is 0 Å². The maximum atomic E-state index is 13.3. The summed E-state index contributed by atoms with van der Waals surface area (Å²) in [6.07, 6.45) is 2.81. The molecule has 0 aliphatic carbocycles. The van der Waals surface area contributed by atoms with E-state index in [9.17, 15) is 13.6 Å². The van der Waals surface area contributed by atoms with Crippen molar-refractivity contribution in [2.45, 2.75) is 6.54 Å². The molecule has 18 heavy (non-hydrogen) atoms. The molecule has 7 heteroatoms. The zero-order chi connectivity index (χ0) is 13.1. The second kappa shape index (κ2) is 4.82. The van der Waals surface area contributed by atoms with Gasteiger partial charge in [0.25, 0.3) is 0 Å². The minimum Gasteiger partial charge on any atom is -0.396 e. The molecule has 2 aromatic rings. The number of anilines is 2. The molecular weight excluding hydrogens is 242 g/mol. The Kier molecular flexibility index (Phi) is 3.22. The van der Waals surface area contributed by atoms with E-state index < -0.39 is 23.2 Å². The topological polar surface area (TPSA) is 72.9 Å². The van der Waals surface area contributed by atoms with Crippen molar-refractivity contribution in [1.82, 2.24) is 9.78 Å². The molecule has 1 amide bonds. The highest BCUT2D eigenvalue weighted by molar-refractivity contribution is 5.90. The summed E-state index contributed by atoms with van der Waals surface area (Å²) in [4.78, 5) is 11.5. The molecule has 1 aromatic carbocycles. The van der Waals surface area contributed by atoms with Crippen molar-refractivity contribution in [3.05, 3.63) is 42.2 Å². The van der Waals surface area contributed by atoms with E-state index in [1.807, 2.05) is 0 Å². The van der Waals surface area contributed by atoms with Gasteiger partial charge in [0.1, 0.15) is 23.9 Å². The monoisotopic (exact) mass is 252 g/mol. The number of carbonyl (C=O) groups excluding carboxylic acids is 1. The van der Waals surface area contributed by atoms with Gasteiger partial charge in [-0.15, -0.1) is 0 Å². The lowest BCUT2D eigenvalue weighted by atomic mass is 10.3. The van der Waals surface area contributed by atoms with Crippen LogP contribution in [0.1, 0.15) is 0 Å². The molecule has 0 atom stereocenters. The van der Waals surface area contributed by atoms with Gasteiger partial charge in [0.15, 0.2) is 0 Å². The first-order valence-electron chi connectivity index (χ1n) is 5.08. The number of nitrogens with one attached hydrogen (secondary N) is 1. The number of hydrogen-bond acceptors (Lipinski definition) is 3. The first-order chi connectivity index (χ1) is 8.56. The molecule has 94 valence electrons. The van der Waals surface area contributed by atoms with E-state index in [0.717, 1.165) is 12.1 Å². The van der Waals surface area contributed by atoms with E-state index in [2.05, 4.69) is 10.4 Å². The smallest absolute Gasteiger partial charge is 0.246 e. The van der Waals surface area contributed by atoms with Gasteiger partial charge in [-0.1, -0.05) is 6.07 Å². The van der Waals surface area contributed by atoms with Crippen molar-refractivity contribution in [1.29, 1.82) is 0 Å². The van der Waals surface area contributed by atoms with Gasteiger partial charge in [-0.3, -0.25) is 9.48 Å².